The number of benzene rings is 1. The molecule has 0 saturated carbocycles. The van der Waals surface area contributed by atoms with Gasteiger partial charge >= 0.3 is 0 Å². The number of hydrogen-bond donors (Lipinski definition) is 2. The van der Waals surface area contributed by atoms with E-state index in [-0.39, 0.29) is 11.9 Å². The van der Waals surface area contributed by atoms with E-state index in [1.165, 1.54) is 12.8 Å². The lowest BCUT2D eigenvalue weighted by Crippen LogP contribution is -2.33. The van der Waals surface area contributed by atoms with Gasteiger partial charge in [-0.05, 0) is 50.9 Å². The van der Waals surface area contributed by atoms with Gasteiger partial charge in [0, 0.05) is 11.6 Å². The number of nitrogens with one attached hydrogen (secondary N) is 2. The Balaban J connectivity index is 2.54. The first-order valence-corrected chi connectivity index (χ1v) is 8.08. The Morgan fingerprint density at radius 2 is 1.86 bits per heavy atom. The molecule has 0 bridgehead atoms. The lowest BCUT2D eigenvalue weighted by molar-refractivity contribution is 0.0937. The summed E-state index contributed by atoms with van der Waals surface area (Å²) >= 11 is 0. The van der Waals surface area contributed by atoms with Crippen LogP contribution in [0.15, 0.2) is 24.3 Å². The normalized spacial score (nSPS) is 12.4. The van der Waals surface area contributed by atoms with E-state index in [0.29, 0.717) is 0 Å². The Morgan fingerprint density at radius 3 is 2.52 bits per heavy atom. The van der Waals surface area contributed by atoms with Gasteiger partial charge in [-0.15, -0.1) is 0 Å². The van der Waals surface area contributed by atoms with Crippen LogP contribution in [0.25, 0.3) is 0 Å². The van der Waals surface area contributed by atoms with Crippen molar-refractivity contribution in [1.29, 1.82) is 0 Å². The van der Waals surface area contributed by atoms with E-state index in [4.69, 9.17) is 0 Å². The lowest BCUT2D eigenvalue weighted by atomic mass is 10.0. The number of hydrogen-bond acceptors (Lipinski definition) is 2. The molecule has 3 heteroatoms. The van der Waals surface area contributed by atoms with Crippen molar-refractivity contribution in [1.82, 2.24) is 10.6 Å². The molecule has 0 aliphatic rings. The molecule has 0 heterocycles. The summed E-state index contributed by atoms with van der Waals surface area (Å²) in [5.74, 6) is 0.786. The van der Waals surface area contributed by atoms with Gasteiger partial charge in [0.05, 0.1) is 0 Å². The minimum Gasteiger partial charge on any atom is -0.350 e. The Labute approximate surface area is 129 Å². The second-order valence-corrected chi connectivity index (χ2v) is 6.21. The van der Waals surface area contributed by atoms with Crippen LogP contribution in [0, 0.1) is 5.92 Å². The standard InChI is InChI=1S/C18H30N2O/c1-14(2)8-7-9-15(3)20-18(21)17-11-6-5-10-16(17)12-13-19-4/h5-6,10-11,14-15,19H,7-9,12-13H2,1-4H3,(H,20,21). The topological polar surface area (TPSA) is 41.1 Å². The van der Waals surface area contributed by atoms with E-state index in [9.17, 15) is 4.79 Å². The molecule has 118 valence electrons. The predicted molar refractivity (Wildman–Crippen MR) is 89.7 cm³/mol. The van der Waals surface area contributed by atoms with Crippen LogP contribution in [0.5, 0.6) is 0 Å². The Kier molecular flexibility index (Phi) is 8.06. The van der Waals surface area contributed by atoms with Crippen molar-refractivity contribution in [2.24, 2.45) is 5.92 Å². The molecule has 0 saturated heterocycles. The zero-order chi connectivity index (χ0) is 15.7. The molecule has 21 heavy (non-hydrogen) atoms. The Bertz CT molecular complexity index is 429. The van der Waals surface area contributed by atoms with Crippen molar-refractivity contribution in [3.8, 4) is 0 Å². The average Bonchev–Trinajstić information content (AvgIpc) is 2.44. The van der Waals surface area contributed by atoms with Gasteiger partial charge in [0.15, 0.2) is 0 Å². The molecule has 0 aliphatic heterocycles. The van der Waals surface area contributed by atoms with Crippen LogP contribution in [0.2, 0.25) is 0 Å². The summed E-state index contributed by atoms with van der Waals surface area (Å²) in [7, 11) is 1.93. The van der Waals surface area contributed by atoms with E-state index in [1.807, 2.05) is 31.3 Å². The van der Waals surface area contributed by atoms with Gasteiger partial charge in [0.25, 0.3) is 5.91 Å². The fourth-order valence-corrected chi connectivity index (χ4v) is 2.43. The van der Waals surface area contributed by atoms with E-state index in [2.05, 4.69) is 31.4 Å². The van der Waals surface area contributed by atoms with Gasteiger partial charge in [-0.3, -0.25) is 4.79 Å². The maximum Gasteiger partial charge on any atom is 0.251 e. The highest BCUT2D eigenvalue weighted by Gasteiger charge is 2.13. The molecule has 1 rings (SSSR count). The Hall–Kier alpha value is -1.35. The summed E-state index contributed by atoms with van der Waals surface area (Å²) in [6.07, 6.45) is 4.31. The van der Waals surface area contributed by atoms with Gasteiger partial charge in [0.1, 0.15) is 0 Å². The Morgan fingerprint density at radius 1 is 1.14 bits per heavy atom. The van der Waals surface area contributed by atoms with Gasteiger partial charge in [-0.25, -0.2) is 0 Å². The number of carbonyl (C=O) groups is 1. The summed E-state index contributed by atoms with van der Waals surface area (Å²) in [6, 6.07) is 8.11. The third-order valence-corrected chi connectivity index (χ3v) is 3.70. The first kappa shape index (κ1) is 17.7. The second kappa shape index (κ2) is 9.56. The smallest absolute Gasteiger partial charge is 0.251 e. The predicted octanol–water partition coefficient (Wildman–Crippen LogP) is 3.39. The summed E-state index contributed by atoms with van der Waals surface area (Å²) in [6.45, 7) is 7.45. The number of amides is 1. The third kappa shape index (κ3) is 6.76. The van der Waals surface area contributed by atoms with Crippen LogP contribution in [0.3, 0.4) is 0 Å². The quantitative estimate of drug-likeness (QED) is 0.732. The highest BCUT2D eigenvalue weighted by molar-refractivity contribution is 5.95. The van der Waals surface area contributed by atoms with Crippen LogP contribution in [0.1, 0.15) is 56.0 Å². The molecular weight excluding hydrogens is 260 g/mol. The molecule has 2 N–H and O–H groups in total. The zero-order valence-electron chi connectivity index (χ0n) is 13.9. The van der Waals surface area contributed by atoms with Crippen molar-refractivity contribution in [2.75, 3.05) is 13.6 Å². The number of likely N-dealkylation sites (N-methyl/N-ethyl adjacent to an activating group) is 1. The molecule has 0 fully saturated rings. The van der Waals surface area contributed by atoms with Gasteiger partial charge in [-0.1, -0.05) is 44.9 Å². The molecule has 0 aliphatic carbocycles. The van der Waals surface area contributed by atoms with E-state index in [0.717, 1.165) is 36.4 Å². The zero-order valence-corrected chi connectivity index (χ0v) is 13.9. The van der Waals surface area contributed by atoms with Crippen LogP contribution >= 0.6 is 0 Å². The molecule has 1 aromatic carbocycles. The molecule has 0 radical (unpaired) electrons. The van der Waals surface area contributed by atoms with Crippen LogP contribution < -0.4 is 10.6 Å². The maximum atomic E-state index is 12.4. The molecule has 1 atom stereocenters. The van der Waals surface area contributed by atoms with Crippen LogP contribution in [-0.2, 0) is 6.42 Å². The van der Waals surface area contributed by atoms with E-state index in [1.54, 1.807) is 0 Å². The molecule has 1 amide bonds. The molecule has 1 unspecified atom stereocenters. The molecule has 0 spiro atoms. The SMILES string of the molecule is CNCCc1ccccc1C(=O)NC(C)CCCC(C)C. The first-order chi connectivity index (χ1) is 10.0. The molecule has 1 aromatic rings. The van der Waals surface area contributed by atoms with Crippen LogP contribution in [0.4, 0.5) is 0 Å². The minimum atomic E-state index is 0.0544. The minimum absolute atomic E-state index is 0.0544. The maximum absolute atomic E-state index is 12.4. The lowest BCUT2D eigenvalue weighted by Gasteiger charge is -2.16. The van der Waals surface area contributed by atoms with Gasteiger partial charge in [0.2, 0.25) is 0 Å². The first-order valence-electron chi connectivity index (χ1n) is 8.08. The summed E-state index contributed by atoms with van der Waals surface area (Å²) in [5.41, 5.74) is 1.92. The largest absolute Gasteiger partial charge is 0.350 e. The molecule has 0 aromatic heterocycles. The van der Waals surface area contributed by atoms with E-state index >= 15 is 0 Å². The highest BCUT2D eigenvalue weighted by atomic mass is 16.1. The van der Waals surface area contributed by atoms with Crippen LogP contribution in [-0.4, -0.2) is 25.5 Å². The average molecular weight is 290 g/mol. The van der Waals surface area contributed by atoms with Crippen molar-refractivity contribution >= 4 is 5.91 Å². The fraction of sp³-hybridized carbons (Fsp3) is 0.611. The molecular formula is C18H30N2O. The highest BCUT2D eigenvalue weighted by Crippen LogP contribution is 2.12. The summed E-state index contributed by atoms with van der Waals surface area (Å²) < 4.78 is 0. The molecule has 3 nitrogen and oxygen atoms in total. The fourth-order valence-electron chi connectivity index (χ4n) is 2.43. The summed E-state index contributed by atoms with van der Waals surface area (Å²) in [4.78, 5) is 12.4. The summed E-state index contributed by atoms with van der Waals surface area (Å²) in [5, 5.41) is 6.26. The van der Waals surface area contributed by atoms with Crippen molar-refractivity contribution < 1.29 is 4.79 Å². The number of carbonyl (C=O) groups excluding carboxylic acids is 1. The monoisotopic (exact) mass is 290 g/mol. The van der Waals surface area contributed by atoms with Gasteiger partial charge in [-0.2, -0.15) is 0 Å². The van der Waals surface area contributed by atoms with Crippen molar-refractivity contribution in [3.63, 3.8) is 0 Å². The van der Waals surface area contributed by atoms with Crippen molar-refractivity contribution in [2.45, 2.75) is 52.5 Å². The second-order valence-electron chi connectivity index (χ2n) is 6.21. The van der Waals surface area contributed by atoms with Crippen molar-refractivity contribution in [3.05, 3.63) is 35.4 Å². The third-order valence-electron chi connectivity index (χ3n) is 3.70. The number of rotatable bonds is 9. The van der Waals surface area contributed by atoms with E-state index < -0.39 is 0 Å². The van der Waals surface area contributed by atoms with Gasteiger partial charge < -0.3 is 10.6 Å².